The van der Waals surface area contributed by atoms with Crippen LogP contribution in [0.1, 0.15) is 17.0 Å². The molecule has 8 heteroatoms. The van der Waals surface area contributed by atoms with Crippen molar-refractivity contribution in [3.05, 3.63) is 125 Å². The van der Waals surface area contributed by atoms with Crippen molar-refractivity contribution in [2.75, 3.05) is 5.32 Å². The average molecular weight is 503 g/mol. The molecule has 6 rings (SSSR count). The molecule has 188 valence electrons. The molecule has 38 heavy (non-hydrogen) atoms. The second kappa shape index (κ2) is 10.3. The summed E-state index contributed by atoms with van der Waals surface area (Å²) in [6.07, 6.45) is 3.11. The summed E-state index contributed by atoms with van der Waals surface area (Å²) < 4.78 is 8.07. The molecule has 3 heterocycles. The summed E-state index contributed by atoms with van der Waals surface area (Å²) in [5.41, 5.74) is 3.96. The van der Waals surface area contributed by atoms with E-state index < -0.39 is 6.23 Å². The summed E-state index contributed by atoms with van der Waals surface area (Å²) in [4.78, 5) is 30.7. The lowest BCUT2D eigenvalue weighted by molar-refractivity contribution is 0.0577. The summed E-state index contributed by atoms with van der Waals surface area (Å²) in [5, 5.41) is 4.90. The maximum atomic E-state index is 13.9. The number of H-pyrrole nitrogens is 1. The van der Waals surface area contributed by atoms with E-state index in [4.69, 9.17) is 9.72 Å². The normalized spacial score (nSPS) is 12.1. The second-order valence-corrected chi connectivity index (χ2v) is 9.07. The average Bonchev–Trinajstić information content (AvgIpc) is 3.43. The fourth-order valence-corrected chi connectivity index (χ4v) is 4.65. The monoisotopic (exact) mass is 502 g/mol. The highest BCUT2D eigenvalue weighted by atomic mass is 16.5. The second-order valence-electron chi connectivity index (χ2n) is 9.07. The van der Waals surface area contributed by atoms with Gasteiger partial charge in [0.1, 0.15) is 29.8 Å². The third-order valence-corrected chi connectivity index (χ3v) is 6.50. The van der Waals surface area contributed by atoms with Gasteiger partial charge in [0.2, 0.25) is 0 Å². The molecule has 0 spiro atoms. The van der Waals surface area contributed by atoms with E-state index in [1.54, 1.807) is 4.57 Å². The minimum atomic E-state index is -0.535. The topological polar surface area (TPSA) is 97.7 Å². The standard InChI is InChI=1S/C30H26N6O2/c1-20-9-8-14-24-27(20)30(37)36(22-12-6-3-7-13-22)25(34-24)17-26(38-18-21-10-4-2-5-11-21)35-29-23-15-16-31-28(23)32-19-33-29/h2-16,19,26H,17-18H2,1H3,(H2,31,32,33,35). The molecule has 0 aliphatic carbocycles. The molecule has 1 atom stereocenters. The molecule has 8 nitrogen and oxygen atoms in total. The van der Waals surface area contributed by atoms with Gasteiger partial charge < -0.3 is 15.0 Å². The van der Waals surface area contributed by atoms with Crippen molar-refractivity contribution in [2.24, 2.45) is 0 Å². The fraction of sp³-hybridized carbons (Fsp3) is 0.133. The molecule has 0 amide bonds. The highest BCUT2D eigenvalue weighted by Crippen LogP contribution is 2.22. The Bertz CT molecular complexity index is 1760. The summed E-state index contributed by atoms with van der Waals surface area (Å²) in [6, 6.07) is 27.2. The van der Waals surface area contributed by atoms with Crippen LogP contribution in [0.25, 0.3) is 27.6 Å². The molecule has 3 aromatic heterocycles. The van der Waals surface area contributed by atoms with Crippen LogP contribution in [0, 0.1) is 6.92 Å². The molecule has 0 bridgehead atoms. The van der Waals surface area contributed by atoms with Crippen LogP contribution in [0.3, 0.4) is 0 Å². The van der Waals surface area contributed by atoms with Gasteiger partial charge in [0.25, 0.3) is 5.56 Å². The summed E-state index contributed by atoms with van der Waals surface area (Å²) in [6.45, 7) is 2.31. The number of aromatic amines is 1. The molecular weight excluding hydrogens is 476 g/mol. The highest BCUT2D eigenvalue weighted by molar-refractivity contribution is 5.86. The van der Waals surface area contributed by atoms with Crippen molar-refractivity contribution in [1.82, 2.24) is 24.5 Å². The van der Waals surface area contributed by atoms with E-state index in [2.05, 4.69) is 20.3 Å². The Kier molecular flexibility index (Phi) is 6.37. The lowest BCUT2D eigenvalue weighted by Gasteiger charge is -2.22. The Balaban J connectivity index is 1.44. The zero-order valence-electron chi connectivity index (χ0n) is 20.8. The number of nitrogens with zero attached hydrogens (tertiary/aromatic N) is 4. The van der Waals surface area contributed by atoms with Crippen LogP contribution in [0.2, 0.25) is 0 Å². The largest absolute Gasteiger partial charge is 0.353 e. The Hall–Kier alpha value is -4.82. The number of fused-ring (bicyclic) bond motifs is 2. The third-order valence-electron chi connectivity index (χ3n) is 6.50. The first-order valence-corrected chi connectivity index (χ1v) is 12.4. The van der Waals surface area contributed by atoms with Crippen LogP contribution in [0.4, 0.5) is 5.82 Å². The Morgan fingerprint density at radius 3 is 2.55 bits per heavy atom. The Morgan fingerprint density at radius 1 is 0.947 bits per heavy atom. The van der Waals surface area contributed by atoms with E-state index in [-0.39, 0.29) is 5.56 Å². The lowest BCUT2D eigenvalue weighted by atomic mass is 10.1. The third kappa shape index (κ3) is 4.65. The molecule has 0 saturated carbocycles. The first kappa shape index (κ1) is 23.6. The van der Waals surface area contributed by atoms with Gasteiger partial charge in [-0.05, 0) is 42.3 Å². The van der Waals surface area contributed by atoms with Gasteiger partial charge in [-0.1, -0.05) is 60.7 Å². The number of hydrogen-bond acceptors (Lipinski definition) is 6. The molecule has 0 aliphatic rings. The molecule has 3 aromatic carbocycles. The van der Waals surface area contributed by atoms with Crippen LogP contribution in [-0.2, 0) is 17.8 Å². The van der Waals surface area contributed by atoms with E-state index in [1.165, 1.54) is 6.33 Å². The lowest BCUT2D eigenvalue weighted by Crippen LogP contribution is -2.32. The van der Waals surface area contributed by atoms with Gasteiger partial charge in [0.05, 0.1) is 35.0 Å². The van der Waals surface area contributed by atoms with Crippen molar-refractivity contribution in [2.45, 2.75) is 26.2 Å². The number of benzene rings is 3. The predicted molar refractivity (Wildman–Crippen MR) is 148 cm³/mol. The van der Waals surface area contributed by atoms with Crippen molar-refractivity contribution >= 4 is 27.8 Å². The number of hydrogen-bond donors (Lipinski definition) is 2. The number of para-hydroxylation sites is 1. The van der Waals surface area contributed by atoms with E-state index >= 15 is 0 Å². The van der Waals surface area contributed by atoms with Crippen molar-refractivity contribution in [1.29, 1.82) is 0 Å². The molecule has 2 N–H and O–H groups in total. The van der Waals surface area contributed by atoms with Gasteiger partial charge in [0, 0.05) is 6.20 Å². The SMILES string of the molecule is Cc1cccc2nc(CC(Nc3ncnc4[nH]ccc34)OCc3ccccc3)n(-c3ccccc3)c(=O)c12. The predicted octanol–water partition coefficient (Wildman–Crippen LogP) is 5.16. The smallest absolute Gasteiger partial charge is 0.266 e. The Morgan fingerprint density at radius 2 is 1.74 bits per heavy atom. The van der Waals surface area contributed by atoms with E-state index in [0.29, 0.717) is 35.6 Å². The molecular formula is C30H26N6O2. The highest BCUT2D eigenvalue weighted by Gasteiger charge is 2.20. The number of aryl methyl sites for hydroxylation is 1. The van der Waals surface area contributed by atoms with Gasteiger partial charge in [0.15, 0.2) is 0 Å². The number of anilines is 1. The van der Waals surface area contributed by atoms with Gasteiger partial charge in [-0.3, -0.25) is 9.36 Å². The van der Waals surface area contributed by atoms with E-state index in [0.717, 1.165) is 27.8 Å². The van der Waals surface area contributed by atoms with Gasteiger partial charge >= 0.3 is 0 Å². The van der Waals surface area contributed by atoms with Crippen LogP contribution in [-0.4, -0.2) is 30.7 Å². The molecule has 1 unspecified atom stereocenters. The zero-order chi connectivity index (χ0) is 25.9. The summed E-state index contributed by atoms with van der Waals surface area (Å²) >= 11 is 0. The van der Waals surface area contributed by atoms with Gasteiger partial charge in [-0.25, -0.2) is 15.0 Å². The van der Waals surface area contributed by atoms with Gasteiger partial charge in [-0.15, -0.1) is 0 Å². The van der Waals surface area contributed by atoms with Crippen LogP contribution in [0.15, 0.2) is 102 Å². The number of rotatable bonds is 8. The molecule has 0 radical (unpaired) electrons. The summed E-state index contributed by atoms with van der Waals surface area (Å²) in [5.74, 6) is 1.23. The fourth-order valence-electron chi connectivity index (χ4n) is 4.65. The molecule has 0 aliphatic heterocycles. The number of nitrogens with one attached hydrogen (secondary N) is 2. The van der Waals surface area contributed by atoms with Crippen molar-refractivity contribution in [3.63, 3.8) is 0 Å². The van der Waals surface area contributed by atoms with Crippen LogP contribution < -0.4 is 10.9 Å². The van der Waals surface area contributed by atoms with E-state index in [9.17, 15) is 4.79 Å². The maximum Gasteiger partial charge on any atom is 0.266 e. The quantitative estimate of drug-likeness (QED) is 0.279. The van der Waals surface area contributed by atoms with Gasteiger partial charge in [-0.2, -0.15) is 0 Å². The first-order chi connectivity index (χ1) is 18.7. The molecule has 0 fully saturated rings. The maximum absolute atomic E-state index is 13.9. The molecule has 0 saturated heterocycles. The Labute approximate surface area is 219 Å². The minimum Gasteiger partial charge on any atom is -0.353 e. The zero-order valence-corrected chi connectivity index (χ0v) is 20.8. The van der Waals surface area contributed by atoms with Crippen LogP contribution in [0.5, 0.6) is 0 Å². The van der Waals surface area contributed by atoms with Crippen LogP contribution >= 0.6 is 0 Å². The van der Waals surface area contributed by atoms with E-state index in [1.807, 2.05) is 98.0 Å². The summed E-state index contributed by atoms with van der Waals surface area (Å²) in [7, 11) is 0. The van der Waals surface area contributed by atoms with Crippen molar-refractivity contribution in [3.8, 4) is 5.69 Å². The number of aromatic nitrogens is 5. The number of ether oxygens (including phenoxy) is 1. The minimum absolute atomic E-state index is 0.105. The first-order valence-electron chi connectivity index (χ1n) is 12.4. The van der Waals surface area contributed by atoms with Crippen molar-refractivity contribution < 1.29 is 4.74 Å². The molecule has 6 aromatic rings.